The summed E-state index contributed by atoms with van der Waals surface area (Å²) in [6, 6.07) is 7.75. The summed E-state index contributed by atoms with van der Waals surface area (Å²) < 4.78 is 25.2. The second-order valence-electron chi connectivity index (χ2n) is 8.13. The highest BCUT2D eigenvalue weighted by atomic mass is 32.1. The van der Waals surface area contributed by atoms with E-state index in [1.54, 1.807) is 16.8 Å². The van der Waals surface area contributed by atoms with Crippen molar-refractivity contribution in [3.8, 4) is 10.6 Å². The summed E-state index contributed by atoms with van der Waals surface area (Å²) in [7, 11) is 3.63. The van der Waals surface area contributed by atoms with E-state index in [1.165, 1.54) is 11.3 Å². The molecule has 0 radical (unpaired) electrons. The lowest BCUT2D eigenvalue weighted by molar-refractivity contribution is 0.0628. The van der Waals surface area contributed by atoms with E-state index < -0.39 is 6.43 Å². The van der Waals surface area contributed by atoms with Gasteiger partial charge >= 0.3 is 6.03 Å². The van der Waals surface area contributed by atoms with Gasteiger partial charge in [-0.15, -0.1) is 10.2 Å². The Labute approximate surface area is 190 Å². The first kappa shape index (κ1) is 22.5. The molecule has 0 saturated carbocycles. The molecule has 0 bridgehead atoms. The van der Waals surface area contributed by atoms with Gasteiger partial charge in [0, 0.05) is 30.3 Å². The minimum Gasteiger partial charge on any atom is -0.324 e. The van der Waals surface area contributed by atoms with Gasteiger partial charge in [0.2, 0.25) is 0 Å². The zero-order chi connectivity index (χ0) is 22.8. The number of alkyl halides is 2. The maximum absolute atomic E-state index is 12.8. The Morgan fingerprint density at radius 2 is 2.06 bits per heavy atom. The summed E-state index contributed by atoms with van der Waals surface area (Å²) >= 11 is 1.53. The topological polar surface area (TPSA) is 74.2 Å². The normalized spacial score (nSPS) is 15.1. The summed E-state index contributed by atoms with van der Waals surface area (Å²) in [4.78, 5) is 20.7. The van der Waals surface area contributed by atoms with E-state index >= 15 is 0 Å². The minimum atomic E-state index is -2.35. The van der Waals surface area contributed by atoms with E-state index in [1.807, 2.05) is 39.0 Å². The average Bonchev–Trinajstić information content (AvgIpc) is 3.19. The second kappa shape index (κ2) is 9.46. The molecule has 1 aromatic carbocycles. The Hall–Kier alpha value is -2.66. The molecule has 0 aliphatic carbocycles. The molecule has 4 rings (SSSR count). The quantitative estimate of drug-likeness (QED) is 0.595. The van der Waals surface area contributed by atoms with Crippen LogP contribution in [0.25, 0.3) is 21.3 Å². The molecule has 1 N–H and O–H groups in total. The Kier molecular flexibility index (Phi) is 6.66. The molecule has 0 spiro atoms. The average molecular weight is 458 g/mol. The number of rotatable bonds is 5. The number of nitrogens with zero attached hydrogens (tertiary/aromatic N) is 5. The zero-order valence-corrected chi connectivity index (χ0v) is 19.1. The van der Waals surface area contributed by atoms with Crippen LogP contribution in [-0.4, -0.2) is 78.0 Å². The molecule has 3 heterocycles. The van der Waals surface area contributed by atoms with Crippen LogP contribution >= 0.6 is 11.3 Å². The van der Waals surface area contributed by atoms with Crippen LogP contribution in [0.5, 0.6) is 0 Å². The van der Waals surface area contributed by atoms with Gasteiger partial charge in [-0.25, -0.2) is 18.6 Å². The molecule has 3 aromatic rings. The monoisotopic (exact) mass is 458 g/mol. The van der Waals surface area contributed by atoms with Crippen LogP contribution in [-0.2, 0) is 0 Å². The SMILES string of the molecule is Bc1nc(NC(=O)N2CCC(N(C)CC(F)F)CC2)cc2cc(-c3nnc(C)s3)ccc12. The van der Waals surface area contributed by atoms with Crippen molar-refractivity contribution in [2.24, 2.45) is 0 Å². The molecule has 1 aliphatic rings. The van der Waals surface area contributed by atoms with E-state index in [0.29, 0.717) is 31.7 Å². The Morgan fingerprint density at radius 1 is 1.31 bits per heavy atom. The smallest absolute Gasteiger partial charge is 0.323 e. The number of hydrogen-bond donors (Lipinski definition) is 1. The van der Waals surface area contributed by atoms with Gasteiger partial charge in [-0.1, -0.05) is 23.5 Å². The lowest BCUT2D eigenvalue weighted by Crippen LogP contribution is -2.47. The highest BCUT2D eigenvalue weighted by molar-refractivity contribution is 7.14. The fourth-order valence-electron chi connectivity index (χ4n) is 4.11. The van der Waals surface area contributed by atoms with Crippen LogP contribution in [0.4, 0.5) is 19.4 Å². The lowest BCUT2D eigenvalue weighted by Gasteiger charge is -2.36. The number of nitrogens with one attached hydrogen (secondary N) is 1. The molecular formula is C21H25BF2N6OS. The Bertz CT molecular complexity index is 1120. The maximum Gasteiger partial charge on any atom is 0.323 e. The fraction of sp³-hybridized carbons (Fsp3) is 0.429. The summed E-state index contributed by atoms with van der Waals surface area (Å²) in [5.74, 6) is 0.488. The highest BCUT2D eigenvalue weighted by Gasteiger charge is 2.26. The third-order valence-corrected chi connectivity index (χ3v) is 6.72. The van der Waals surface area contributed by atoms with Crippen LogP contribution in [0.2, 0.25) is 0 Å². The molecule has 11 heteroatoms. The van der Waals surface area contributed by atoms with Gasteiger partial charge in [0.25, 0.3) is 6.43 Å². The van der Waals surface area contributed by atoms with Crippen molar-refractivity contribution in [2.45, 2.75) is 32.2 Å². The largest absolute Gasteiger partial charge is 0.324 e. The van der Waals surface area contributed by atoms with Crippen molar-refractivity contribution in [1.29, 1.82) is 0 Å². The molecule has 1 fully saturated rings. The number of aromatic nitrogens is 3. The number of carbonyl (C=O) groups excluding carboxylic acids is 1. The van der Waals surface area contributed by atoms with Gasteiger partial charge in [0.15, 0.2) is 7.85 Å². The van der Waals surface area contributed by atoms with Crippen molar-refractivity contribution < 1.29 is 13.6 Å². The molecule has 168 valence electrons. The Balaban J connectivity index is 1.45. The van der Waals surface area contributed by atoms with Gasteiger partial charge in [-0.3, -0.25) is 10.2 Å². The predicted octanol–water partition coefficient (Wildman–Crippen LogP) is 2.51. The standard InChI is InChI=1S/C21H25BF2N6OS/c1-12-27-28-20(32-12)13-3-4-16-14(9-13)10-18(25-19(16)22)26-21(31)30-7-5-15(6-8-30)29(2)11-17(23)24/h3-4,9-10,15,17H,5-8,11,22H2,1-2H3,(H,25,26,31). The molecule has 0 atom stereocenters. The highest BCUT2D eigenvalue weighted by Crippen LogP contribution is 2.27. The second-order valence-corrected chi connectivity index (χ2v) is 9.32. The lowest BCUT2D eigenvalue weighted by atomic mass is 9.95. The van der Waals surface area contributed by atoms with Crippen LogP contribution in [0.15, 0.2) is 24.3 Å². The summed E-state index contributed by atoms with van der Waals surface area (Å²) in [5.41, 5.74) is 1.80. The maximum atomic E-state index is 12.8. The summed E-state index contributed by atoms with van der Waals surface area (Å²) in [5, 5.41) is 14.9. The minimum absolute atomic E-state index is 0.0662. The number of fused-ring (bicyclic) bond motifs is 1. The first-order valence-electron chi connectivity index (χ1n) is 10.6. The van der Waals surface area contributed by atoms with Gasteiger partial charge < -0.3 is 4.90 Å². The third-order valence-electron chi connectivity index (χ3n) is 5.83. The van der Waals surface area contributed by atoms with Gasteiger partial charge in [0.1, 0.15) is 15.8 Å². The van der Waals surface area contributed by atoms with Crippen molar-refractivity contribution >= 4 is 47.4 Å². The number of carbonyl (C=O) groups is 1. The van der Waals surface area contributed by atoms with Crippen LogP contribution in [0.1, 0.15) is 17.8 Å². The van der Waals surface area contributed by atoms with E-state index in [9.17, 15) is 13.6 Å². The number of anilines is 1. The number of piperidine rings is 1. The van der Waals surface area contributed by atoms with E-state index in [4.69, 9.17) is 0 Å². The van der Waals surface area contributed by atoms with Crippen LogP contribution in [0.3, 0.4) is 0 Å². The van der Waals surface area contributed by atoms with Crippen molar-refractivity contribution in [1.82, 2.24) is 25.0 Å². The predicted molar refractivity (Wildman–Crippen MR) is 126 cm³/mol. The fourth-order valence-corrected chi connectivity index (χ4v) is 4.80. The molecule has 0 unspecified atom stereocenters. The van der Waals surface area contributed by atoms with Gasteiger partial charge in [-0.2, -0.15) is 0 Å². The molecular weight excluding hydrogens is 433 g/mol. The molecule has 1 aliphatic heterocycles. The first-order chi connectivity index (χ1) is 15.3. The number of amides is 2. The number of halogens is 2. The van der Waals surface area contributed by atoms with Gasteiger partial charge in [0.05, 0.1) is 6.54 Å². The van der Waals surface area contributed by atoms with E-state index in [2.05, 4.69) is 20.5 Å². The zero-order valence-electron chi connectivity index (χ0n) is 18.3. The number of pyridine rings is 1. The van der Waals surface area contributed by atoms with Gasteiger partial charge in [-0.05, 0) is 49.7 Å². The molecule has 32 heavy (non-hydrogen) atoms. The number of hydrogen-bond acceptors (Lipinski definition) is 6. The summed E-state index contributed by atoms with van der Waals surface area (Å²) in [6.45, 7) is 2.73. The third kappa shape index (κ3) is 5.04. The number of benzene rings is 1. The van der Waals surface area contributed by atoms with E-state index in [-0.39, 0.29) is 18.6 Å². The molecule has 2 amide bonds. The molecule has 2 aromatic heterocycles. The van der Waals surface area contributed by atoms with E-state index in [0.717, 1.165) is 31.9 Å². The first-order valence-corrected chi connectivity index (χ1v) is 11.4. The molecule has 1 saturated heterocycles. The van der Waals surface area contributed by atoms with Crippen LogP contribution in [0, 0.1) is 6.92 Å². The number of likely N-dealkylation sites (tertiary alicyclic amines) is 1. The van der Waals surface area contributed by atoms with Crippen molar-refractivity contribution in [3.05, 3.63) is 29.3 Å². The summed E-state index contributed by atoms with van der Waals surface area (Å²) in [6.07, 6.45) is -1.00. The molecule has 7 nitrogen and oxygen atoms in total. The van der Waals surface area contributed by atoms with Crippen molar-refractivity contribution in [3.63, 3.8) is 0 Å². The number of urea groups is 1. The Morgan fingerprint density at radius 3 is 2.72 bits per heavy atom. The van der Waals surface area contributed by atoms with Crippen LogP contribution < -0.4 is 10.9 Å². The number of aryl methyl sites for hydroxylation is 1. The van der Waals surface area contributed by atoms with Crippen molar-refractivity contribution in [2.75, 3.05) is 32.0 Å².